The number of amides is 1. The summed E-state index contributed by atoms with van der Waals surface area (Å²) < 4.78 is 25.1. The molecule has 1 aliphatic heterocycles. The molecule has 2 aliphatic rings. The van der Waals surface area contributed by atoms with Gasteiger partial charge in [0.15, 0.2) is 0 Å². The van der Waals surface area contributed by atoms with Crippen LogP contribution in [0.1, 0.15) is 19.8 Å². The zero-order valence-electron chi connectivity index (χ0n) is 16.3. The Morgan fingerprint density at radius 1 is 1.32 bits per heavy atom. The number of aromatic nitrogens is 3. The SMILES string of the molecule is C[C@@H](NS(C)(=O)=O)C(=O)N1C[C@H]2C[C@H](N(C)c3ncnc4[nH]ccc34)C[C@H]2C1. The van der Waals surface area contributed by atoms with E-state index in [4.69, 9.17) is 0 Å². The minimum Gasteiger partial charge on any atom is -0.356 e. The van der Waals surface area contributed by atoms with E-state index in [0.717, 1.165) is 35.9 Å². The van der Waals surface area contributed by atoms with Crippen molar-refractivity contribution in [3.05, 3.63) is 18.6 Å². The molecule has 4 rings (SSSR count). The maximum Gasteiger partial charge on any atom is 0.240 e. The Labute approximate surface area is 164 Å². The van der Waals surface area contributed by atoms with Gasteiger partial charge in [0.25, 0.3) is 0 Å². The summed E-state index contributed by atoms with van der Waals surface area (Å²) in [5.41, 5.74) is 0.833. The molecule has 2 aromatic rings. The van der Waals surface area contributed by atoms with Gasteiger partial charge in [-0.05, 0) is 37.7 Å². The minimum absolute atomic E-state index is 0.144. The van der Waals surface area contributed by atoms with Crippen molar-refractivity contribution in [3.8, 4) is 0 Å². The Morgan fingerprint density at radius 3 is 2.64 bits per heavy atom. The third kappa shape index (κ3) is 3.58. The van der Waals surface area contributed by atoms with Gasteiger partial charge in [-0.3, -0.25) is 4.79 Å². The van der Waals surface area contributed by atoms with Crippen molar-refractivity contribution < 1.29 is 13.2 Å². The molecule has 9 nitrogen and oxygen atoms in total. The molecule has 0 spiro atoms. The van der Waals surface area contributed by atoms with Crippen LogP contribution in [0.5, 0.6) is 0 Å². The highest BCUT2D eigenvalue weighted by atomic mass is 32.2. The number of nitrogens with one attached hydrogen (secondary N) is 2. The third-order valence-electron chi connectivity index (χ3n) is 6.01. The molecule has 0 unspecified atom stereocenters. The average Bonchev–Trinajstić information content (AvgIpc) is 3.32. The maximum absolute atomic E-state index is 12.6. The molecular formula is C18H26N6O3S. The number of nitrogens with zero attached hydrogens (tertiary/aromatic N) is 4. The van der Waals surface area contributed by atoms with Crippen LogP contribution >= 0.6 is 0 Å². The number of fused-ring (bicyclic) bond motifs is 2. The summed E-state index contributed by atoms with van der Waals surface area (Å²) in [6.07, 6.45) is 6.51. The van der Waals surface area contributed by atoms with Gasteiger partial charge in [0, 0.05) is 32.4 Å². The van der Waals surface area contributed by atoms with Crippen molar-refractivity contribution in [2.24, 2.45) is 11.8 Å². The van der Waals surface area contributed by atoms with E-state index < -0.39 is 16.1 Å². The van der Waals surface area contributed by atoms with Crippen molar-refractivity contribution >= 4 is 32.8 Å². The lowest BCUT2D eigenvalue weighted by Gasteiger charge is -2.28. The van der Waals surface area contributed by atoms with Crippen LogP contribution in [0, 0.1) is 11.8 Å². The first-order chi connectivity index (χ1) is 13.2. The maximum atomic E-state index is 12.6. The molecule has 1 saturated carbocycles. The number of carbonyl (C=O) groups is 1. The molecular weight excluding hydrogens is 380 g/mol. The van der Waals surface area contributed by atoms with Crippen LogP contribution in [0.15, 0.2) is 18.6 Å². The Bertz CT molecular complexity index is 976. The highest BCUT2D eigenvalue weighted by molar-refractivity contribution is 7.88. The number of carbonyl (C=O) groups excluding carboxylic acids is 1. The monoisotopic (exact) mass is 406 g/mol. The van der Waals surface area contributed by atoms with Gasteiger partial charge < -0.3 is 14.8 Å². The van der Waals surface area contributed by atoms with Crippen molar-refractivity contribution in [1.82, 2.24) is 24.6 Å². The van der Waals surface area contributed by atoms with Crippen LogP contribution < -0.4 is 9.62 Å². The zero-order valence-corrected chi connectivity index (χ0v) is 17.1. The van der Waals surface area contributed by atoms with E-state index in [1.165, 1.54) is 0 Å². The van der Waals surface area contributed by atoms with E-state index in [0.29, 0.717) is 31.0 Å². The quantitative estimate of drug-likeness (QED) is 0.751. The Morgan fingerprint density at radius 2 is 2.00 bits per heavy atom. The number of aromatic amines is 1. The number of anilines is 1. The molecule has 0 bridgehead atoms. The Balaban J connectivity index is 1.40. The topological polar surface area (TPSA) is 111 Å². The summed E-state index contributed by atoms with van der Waals surface area (Å²) in [4.78, 5) is 28.5. The van der Waals surface area contributed by atoms with Gasteiger partial charge >= 0.3 is 0 Å². The fourth-order valence-electron chi connectivity index (χ4n) is 4.72. The van der Waals surface area contributed by atoms with Gasteiger partial charge in [-0.25, -0.2) is 23.1 Å². The van der Waals surface area contributed by atoms with Crippen molar-refractivity contribution in [2.75, 3.05) is 31.3 Å². The van der Waals surface area contributed by atoms with Gasteiger partial charge in [0.1, 0.15) is 17.8 Å². The third-order valence-corrected chi connectivity index (χ3v) is 6.80. The number of rotatable bonds is 5. The van der Waals surface area contributed by atoms with Crippen LogP contribution in [0.4, 0.5) is 5.82 Å². The average molecular weight is 407 g/mol. The van der Waals surface area contributed by atoms with Crippen LogP contribution in [-0.4, -0.2) is 72.7 Å². The van der Waals surface area contributed by atoms with Gasteiger partial charge in [-0.2, -0.15) is 0 Å². The first kappa shape index (κ1) is 19.1. The summed E-state index contributed by atoms with van der Waals surface area (Å²) in [5.74, 6) is 1.65. The molecule has 152 valence electrons. The van der Waals surface area contributed by atoms with E-state index in [1.807, 2.05) is 17.2 Å². The van der Waals surface area contributed by atoms with Gasteiger partial charge in [0.2, 0.25) is 15.9 Å². The molecule has 0 radical (unpaired) electrons. The summed E-state index contributed by atoms with van der Waals surface area (Å²) in [6, 6.07) is 1.63. The predicted octanol–water partition coefficient (Wildman–Crippen LogP) is 0.569. The lowest BCUT2D eigenvalue weighted by Crippen LogP contribution is -2.46. The predicted molar refractivity (Wildman–Crippen MR) is 106 cm³/mol. The van der Waals surface area contributed by atoms with Crippen LogP contribution in [0.3, 0.4) is 0 Å². The molecule has 1 amide bonds. The number of hydrogen-bond acceptors (Lipinski definition) is 6. The first-order valence-electron chi connectivity index (χ1n) is 9.50. The molecule has 0 aromatic carbocycles. The van der Waals surface area contributed by atoms with E-state index in [-0.39, 0.29) is 5.91 Å². The second kappa shape index (κ2) is 7.00. The highest BCUT2D eigenvalue weighted by Crippen LogP contribution is 2.41. The van der Waals surface area contributed by atoms with Crippen molar-refractivity contribution in [2.45, 2.75) is 31.8 Å². The summed E-state index contributed by atoms with van der Waals surface area (Å²) >= 11 is 0. The van der Waals surface area contributed by atoms with Gasteiger partial charge in [0.05, 0.1) is 17.7 Å². The normalized spacial score (nSPS) is 25.8. The summed E-state index contributed by atoms with van der Waals surface area (Å²) in [7, 11) is -1.33. The lowest BCUT2D eigenvalue weighted by molar-refractivity contribution is -0.131. The second-order valence-corrected chi connectivity index (χ2v) is 9.83. The number of H-pyrrole nitrogens is 1. The van der Waals surface area contributed by atoms with Crippen LogP contribution in [0.2, 0.25) is 0 Å². The molecule has 10 heteroatoms. The highest BCUT2D eigenvalue weighted by Gasteiger charge is 2.44. The molecule has 2 aromatic heterocycles. The Kier molecular flexibility index (Phi) is 4.78. The number of likely N-dealkylation sites (tertiary alicyclic amines) is 1. The minimum atomic E-state index is -3.40. The molecule has 1 saturated heterocycles. The second-order valence-electron chi connectivity index (χ2n) is 8.05. The molecule has 2 N–H and O–H groups in total. The van der Waals surface area contributed by atoms with Crippen molar-refractivity contribution in [3.63, 3.8) is 0 Å². The fraction of sp³-hybridized carbons (Fsp3) is 0.611. The van der Waals surface area contributed by atoms with Crippen molar-refractivity contribution in [1.29, 1.82) is 0 Å². The molecule has 3 heterocycles. The molecule has 2 fully saturated rings. The Hall–Kier alpha value is -2.20. The summed E-state index contributed by atoms with van der Waals surface area (Å²) in [5, 5.41) is 1.01. The fourth-order valence-corrected chi connectivity index (χ4v) is 5.47. The van der Waals surface area contributed by atoms with Crippen LogP contribution in [0.25, 0.3) is 11.0 Å². The largest absolute Gasteiger partial charge is 0.356 e. The summed E-state index contributed by atoms with van der Waals surface area (Å²) in [6.45, 7) is 2.98. The van der Waals surface area contributed by atoms with Gasteiger partial charge in [-0.1, -0.05) is 0 Å². The van der Waals surface area contributed by atoms with E-state index in [9.17, 15) is 13.2 Å². The van der Waals surface area contributed by atoms with Crippen LogP contribution in [-0.2, 0) is 14.8 Å². The lowest BCUT2D eigenvalue weighted by atomic mass is 10.0. The number of sulfonamides is 1. The standard InChI is InChI=1S/C18H26N6O3S/c1-11(22-28(3,26)27)18(25)24-8-12-6-14(7-13(12)9-24)23(2)17-15-4-5-19-16(15)20-10-21-17/h4-5,10-14,22H,6-9H2,1-3H3,(H,19,20,21)/t11-,12-,13+,14+/m1/s1. The first-order valence-corrected chi connectivity index (χ1v) is 11.4. The molecule has 4 atom stereocenters. The number of hydrogen-bond donors (Lipinski definition) is 2. The molecule has 28 heavy (non-hydrogen) atoms. The van der Waals surface area contributed by atoms with E-state index >= 15 is 0 Å². The van der Waals surface area contributed by atoms with E-state index in [2.05, 4.69) is 31.6 Å². The van der Waals surface area contributed by atoms with Gasteiger partial charge in [-0.15, -0.1) is 0 Å². The smallest absolute Gasteiger partial charge is 0.240 e. The van der Waals surface area contributed by atoms with E-state index in [1.54, 1.807) is 13.3 Å². The molecule has 1 aliphatic carbocycles. The zero-order chi connectivity index (χ0) is 20.1.